The van der Waals surface area contributed by atoms with Crippen LogP contribution in [0.4, 0.5) is 0 Å². The van der Waals surface area contributed by atoms with E-state index in [1.54, 1.807) is 4.68 Å². The van der Waals surface area contributed by atoms with Gasteiger partial charge in [0.2, 0.25) is 5.91 Å². The number of nitrogens with zero attached hydrogens (tertiary/aromatic N) is 4. The van der Waals surface area contributed by atoms with Crippen molar-refractivity contribution < 1.29 is 9.90 Å². The zero-order chi connectivity index (χ0) is 19.5. The summed E-state index contributed by atoms with van der Waals surface area (Å²) in [5.74, 6) is 0.695. The Bertz CT molecular complexity index is 787. The number of carbonyl (C=O) groups excluding carboxylic acids is 1. The van der Waals surface area contributed by atoms with E-state index in [2.05, 4.69) is 17.2 Å². The van der Waals surface area contributed by atoms with Crippen LogP contribution in [0.5, 0.6) is 0 Å². The minimum Gasteiger partial charge on any atom is -0.391 e. The van der Waals surface area contributed by atoms with Crippen LogP contribution in [0, 0.1) is 0 Å². The molecule has 1 saturated carbocycles. The topological polar surface area (TPSA) is 71.2 Å². The van der Waals surface area contributed by atoms with Gasteiger partial charge in [-0.25, -0.2) is 4.68 Å². The Morgan fingerprint density at radius 3 is 2.71 bits per heavy atom. The highest BCUT2D eigenvalue weighted by atomic mass is 16.3. The zero-order valence-corrected chi connectivity index (χ0v) is 16.6. The van der Waals surface area contributed by atoms with E-state index in [9.17, 15) is 9.90 Å². The standard InChI is InChI=1S/C22H30N4O2/c1-2-3-5-10-22(28)25-15-20(26-14-18(23-24-26)16-11-12-16)21(27)13-19(25)17-8-6-4-7-9-17/h4,6-9,14,16,19-21,27H,2-3,5,10-13,15H2,1H3/t19-,20+,21+/m1/s1. The number of piperidine rings is 1. The number of benzene rings is 1. The number of likely N-dealkylation sites (tertiary alicyclic amines) is 1. The molecular formula is C22H30N4O2. The van der Waals surface area contributed by atoms with Gasteiger partial charge in [-0.05, 0) is 24.8 Å². The number of aliphatic hydroxyl groups excluding tert-OH is 1. The molecule has 6 heteroatoms. The monoisotopic (exact) mass is 382 g/mol. The molecule has 2 fully saturated rings. The quantitative estimate of drug-likeness (QED) is 0.743. The molecule has 1 aliphatic heterocycles. The van der Waals surface area contributed by atoms with E-state index in [1.165, 1.54) is 12.8 Å². The van der Waals surface area contributed by atoms with Gasteiger partial charge < -0.3 is 10.0 Å². The molecule has 1 amide bonds. The molecule has 1 aliphatic carbocycles. The summed E-state index contributed by atoms with van der Waals surface area (Å²) in [7, 11) is 0. The van der Waals surface area contributed by atoms with E-state index in [0.29, 0.717) is 25.3 Å². The van der Waals surface area contributed by atoms with Crippen LogP contribution in [0.2, 0.25) is 0 Å². The van der Waals surface area contributed by atoms with Gasteiger partial charge in [-0.15, -0.1) is 5.10 Å². The first-order valence-corrected chi connectivity index (χ1v) is 10.6. The number of amides is 1. The lowest BCUT2D eigenvalue weighted by atomic mass is 9.90. The Balaban J connectivity index is 1.55. The fourth-order valence-corrected chi connectivity index (χ4v) is 4.18. The summed E-state index contributed by atoms with van der Waals surface area (Å²) in [5, 5.41) is 19.5. The molecule has 0 spiro atoms. The molecule has 28 heavy (non-hydrogen) atoms. The van der Waals surface area contributed by atoms with E-state index >= 15 is 0 Å². The summed E-state index contributed by atoms with van der Waals surface area (Å²) in [4.78, 5) is 15.0. The molecular weight excluding hydrogens is 352 g/mol. The maximum atomic E-state index is 13.1. The maximum Gasteiger partial charge on any atom is 0.223 e. The average Bonchev–Trinajstić information content (AvgIpc) is 3.46. The van der Waals surface area contributed by atoms with Crippen molar-refractivity contribution in [3.05, 3.63) is 47.8 Å². The fraction of sp³-hybridized carbons (Fsp3) is 0.591. The number of carbonyl (C=O) groups is 1. The third-order valence-corrected chi connectivity index (χ3v) is 6.03. The lowest BCUT2D eigenvalue weighted by molar-refractivity contribution is -0.139. The van der Waals surface area contributed by atoms with Gasteiger partial charge in [-0.3, -0.25) is 4.79 Å². The summed E-state index contributed by atoms with van der Waals surface area (Å²) in [6, 6.07) is 9.73. The number of aromatic nitrogens is 3. The number of unbranched alkanes of at least 4 members (excludes halogenated alkanes) is 2. The van der Waals surface area contributed by atoms with Crippen molar-refractivity contribution in [1.82, 2.24) is 19.9 Å². The van der Waals surface area contributed by atoms with Gasteiger partial charge in [-0.2, -0.15) is 0 Å². The van der Waals surface area contributed by atoms with Gasteiger partial charge in [-0.1, -0.05) is 55.3 Å². The lowest BCUT2D eigenvalue weighted by Gasteiger charge is -2.42. The van der Waals surface area contributed by atoms with E-state index in [4.69, 9.17) is 0 Å². The summed E-state index contributed by atoms with van der Waals surface area (Å²) in [6.45, 7) is 2.62. The third-order valence-electron chi connectivity index (χ3n) is 6.03. The highest BCUT2D eigenvalue weighted by Crippen LogP contribution is 2.40. The molecule has 4 rings (SSSR count). The second kappa shape index (κ2) is 8.43. The van der Waals surface area contributed by atoms with Crippen molar-refractivity contribution in [2.75, 3.05) is 6.54 Å². The van der Waals surface area contributed by atoms with Crippen LogP contribution >= 0.6 is 0 Å². The molecule has 1 aromatic heterocycles. The predicted molar refractivity (Wildman–Crippen MR) is 107 cm³/mol. The van der Waals surface area contributed by atoms with Crippen LogP contribution in [-0.2, 0) is 4.79 Å². The summed E-state index contributed by atoms with van der Waals surface area (Å²) >= 11 is 0. The number of hydrogen-bond donors (Lipinski definition) is 1. The van der Waals surface area contributed by atoms with Gasteiger partial charge in [0.25, 0.3) is 0 Å². The van der Waals surface area contributed by atoms with Crippen molar-refractivity contribution in [3.63, 3.8) is 0 Å². The first-order chi connectivity index (χ1) is 13.7. The lowest BCUT2D eigenvalue weighted by Crippen LogP contribution is -2.48. The minimum absolute atomic E-state index is 0.0898. The molecule has 1 N–H and O–H groups in total. The molecule has 2 aromatic rings. The van der Waals surface area contributed by atoms with Gasteiger partial charge >= 0.3 is 0 Å². The highest BCUT2D eigenvalue weighted by Gasteiger charge is 2.39. The van der Waals surface area contributed by atoms with E-state index in [-0.39, 0.29) is 18.0 Å². The molecule has 0 unspecified atom stereocenters. The van der Waals surface area contributed by atoms with E-state index < -0.39 is 6.10 Å². The fourth-order valence-electron chi connectivity index (χ4n) is 4.18. The van der Waals surface area contributed by atoms with Crippen LogP contribution in [-0.4, -0.2) is 43.6 Å². The summed E-state index contributed by atoms with van der Waals surface area (Å²) in [6.07, 6.45) is 7.91. The molecule has 3 atom stereocenters. The summed E-state index contributed by atoms with van der Waals surface area (Å²) in [5.41, 5.74) is 2.10. The number of hydrogen-bond acceptors (Lipinski definition) is 4. The van der Waals surface area contributed by atoms with Crippen molar-refractivity contribution in [2.24, 2.45) is 0 Å². The second-order valence-electron chi connectivity index (χ2n) is 8.20. The summed E-state index contributed by atoms with van der Waals surface area (Å²) < 4.78 is 1.78. The molecule has 0 radical (unpaired) electrons. The largest absolute Gasteiger partial charge is 0.391 e. The molecule has 150 valence electrons. The molecule has 2 aliphatic rings. The molecule has 6 nitrogen and oxygen atoms in total. The molecule has 1 aromatic carbocycles. The molecule has 1 saturated heterocycles. The molecule has 2 heterocycles. The van der Waals surface area contributed by atoms with Gasteiger partial charge in [0.05, 0.1) is 23.9 Å². The van der Waals surface area contributed by atoms with Crippen LogP contribution in [0.1, 0.15) is 81.1 Å². The Morgan fingerprint density at radius 1 is 1.21 bits per heavy atom. The molecule has 0 bridgehead atoms. The zero-order valence-electron chi connectivity index (χ0n) is 16.6. The van der Waals surface area contributed by atoms with Crippen LogP contribution < -0.4 is 0 Å². The maximum absolute atomic E-state index is 13.1. The third kappa shape index (κ3) is 4.12. The SMILES string of the molecule is CCCCCC(=O)N1C[C@H](n2cc(C3CC3)nn2)[C@@H](O)C[C@@H]1c1ccccc1. The van der Waals surface area contributed by atoms with Gasteiger partial charge in [0.15, 0.2) is 0 Å². The van der Waals surface area contributed by atoms with E-state index in [1.807, 2.05) is 41.4 Å². The smallest absolute Gasteiger partial charge is 0.223 e. The Labute approximate surface area is 166 Å². The van der Waals surface area contributed by atoms with Crippen LogP contribution in [0.15, 0.2) is 36.5 Å². The van der Waals surface area contributed by atoms with Crippen molar-refractivity contribution in [3.8, 4) is 0 Å². The Hall–Kier alpha value is -2.21. The first kappa shape index (κ1) is 19.1. The normalized spacial score (nSPS) is 25.1. The van der Waals surface area contributed by atoms with E-state index in [0.717, 1.165) is 30.5 Å². The predicted octanol–water partition coefficient (Wildman–Crippen LogP) is 3.61. The van der Waals surface area contributed by atoms with Crippen LogP contribution in [0.25, 0.3) is 0 Å². The van der Waals surface area contributed by atoms with Crippen LogP contribution in [0.3, 0.4) is 0 Å². The number of rotatable bonds is 7. The number of aliphatic hydroxyl groups is 1. The van der Waals surface area contributed by atoms with Crippen molar-refractivity contribution >= 4 is 5.91 Å². The highest BCUT2D eigenvalue weighted by molar-refractivity contribution is 5.77. The van der Waals surface area contributed by atoms with Crippen molar-refractivity contribution in [2.45, 2.75) is 76.0 Å². The Morgan fingerprint density at radius 2 is 2.00 bits per heavy atom. The van der Waals surface area contributed by atoms with Gasteiger partial charge in [0.1, 0.15) is 0 Å². The first-order valence-electron chi connectivity index (χ1n) is 10.6. The van der Waals surface area contributed by atoms with Crippen molar-refractivity contribution in [1.29, 1.82) is 0 Å². The Kier molecular flexibility index (Phi) is 5.76. The minimum atomic E-state index is -0.557. The van der Waals surface area contributed by atoms with Gasteiger partial charge in [0, 0.05) is 31.5 Å². The average molecular weight is 383 g/mol. The second-order valence-corrected chi connectivity index (χ2v) is 8.20.